The maximum absolute atomic E-state index is 5.78. The van der Waals surface area contributed by atoms with Crippen molar-refractivity contribution in [3.63, 3.8) is 0 Å². The quantitative estimate of drug-likeness (QED) is 0.747. The van der Waals surface area contributed by atoms with Gasteiger partial charge in [-0.3, -0.25) is 0 Å². The Morgan fingerprint density at radius 1 is 1.40 bits per heavy atom. The zero-order chi connectivity index (χ0) is 11.1. The molecule has 15 heavy (non-hydrogen) atoms. The minimum absolute atomic E-state index is 0.415. The fraction of sp³-hybridized carbons (Fsp3) is 0.500. The monoisotopic (exact) mass is 206 g/mol. The molecular weight excluding hydrogens is 188 g/mol. The molecular formula is C12H18N2O. The topological polar surface area (TPSA) is 47.3 Å². The number of benzene rings is 1. The van der Waals surface area contributed by atoms with E-state index in [1.165, 1.54) is 6.42 Å². The average Bonchev–Trinajstić information content (AvgIpc) is 2.72. The molecule has 0 radical (unpaired) electrons. The summed E-state index contributed by atoms with van der Waals surface area (Å²) >= 11 is 0. The van der Waals surface area contributed by atoms with Crippen LogP contribution in [0.15, 0.2) is 18.2 Å². The summed E-state index contributed by atoms with van der Waals surface area (Å²) in [5.41, 5.74) is 7.97. The SMILES string of the molecule is COc1cc(N)cc(NC2CC2(C)C)c1. The number of rotatable bonds is 3. The molecule has 0 aromatic heterocycles. The summed E-state index contributed by atoms with van der Waals surface area (Å²) in [7, 11) is 1.65. The van der Waals surface area contributed by atoms with Crippen molar-refractivity contribution < 1.29 is 4.74 Å². The third-order valence-electron chi connectivity index (χ3n) is 3.02. The van der Waals surface area contributed by atoms with E-state index < -0.39 is 0 Å². The van der Waals surface area contributed by atoms with E-state index in [4.69, 9.17) is 10.5 Å². The van der Waals surface area contributed by atoms with Crippen LogP contribution in [-0.2, 0) is 0 Å². The van der Waals surface area contributed by atoms with Gasteiger partial charge in [0, 0.05) is 29.5 Å². The van der Waals surface area contributed by atoms with Crippen LogP contribution in [0.1, 0.15) is 20.3 Å². The van der Waals surface area contributed by atoms with E-state index in [1.54, 1.807) is 7.11 Å². The van der Waals surface area contributed by atoms with Gasteiger partial charge in [0.15, 0.2) is 0 Å². The first-order valence-electron chi connectivity index (χ1n) is 5.22. The van der Waals surface area contributed by atoms with Crippen LogP contribution in [0.4, 0.5) is 11.4 Å². The van der Waals surface area contributed by atoms with Crippen LogP contribution in [0.5, 0.6) is 5.75 Å². The molecule has 1 aromatic rings. The minimum atomic E-state index is 0.415. The lowest BCUT2D eigenvalue weighted by Crippen LogP contribution is -2.08. The van der Waals surface area contributed by atoms with E-state index in [0.717, 1.165) is 17.1 Å². The molecule has 1 unspecified atom stereocenters. The second kappa shape index (κ2) is 3.33. The molecule has 0 heterocycles. The Labute approximate surface area is 90.6 Å². The number of ether oxygens (including phenoxy) is 1. The highest BCUT2D eigenvalue weighted by atomic mass is 16.5. The van der Waals surface area contributed by atoms with Crippen molar-refractivity contribution >= 4 is 11.4 Å². The third-order valence-corrected chi connectivity index (χ3v) is 3.02. The number of anilines is 2. The van der Waals surface area contributed by atoms with Gasteiger partial charge in [-0.2, -0.15) is 0 Å². The van der Waals surface area contributed by atoms with Crippen molar-refractivity contribution in [1.29, 1.82) is 0 Å². The number of methoxy groups -OCH3 is 1. The van der Waals surface area contributed by atoms with Gasteiger partial charge in [-0.15, -0.1) is 0 Å². The van der Waals surface area contributed by atoms with Gasteiger partial charge in [0.25, 0.3) is 0 Å². The predicted octanol–water partition coefficient (Wildman–Crippen LogP) is 2.49. The molecule has 1 saturated carbocycles. The van der Waals surface area contributed by atoms with Crippen LogP contribution in [0.25, 0.3) is 0 Å². The Balaban J connectivity index is 2.11. The molecule has 3 nitrogen and oxygen atoms in total. The molecule has 1 aliphatic rings. The second-order valence-electron chi connectivity index (χ2n) is 4.88. The summed E-state index contributed by atoms with van der Waals surface area (Å²) < 4.78 is 5.17. The largest absolute Gasteiger partial charge is 0.497 e. The van der Waals surface area contributed by atoms with Gasteiger partial charge in [-0.25, -0.2) is 0 Å². The van der Waals surface area contributed by atoms with E-state index in [-0.39, 0.29) is 0 Å². The summed E-state index contributed by atoms with van der Waals surface area (Å²) in [6, 6.07) is 6.30. The smallest absolute Gasteiger partial charge is 0.122 e. The van der Waals surface area contributed by atoms with Gasteiger partial charge in [0.1, 0.15) is 5.75 Å². The fourth-order valence-corrected chi connectivity index (χ4v) is 1.74. The number of nitrogen functional groups attached to an aromatic ring is 1. The molecule has 3 heteroatoms. The molecule has 0 saturated heterocycles. The number of hydrogen-bond donors (Lipinski definition) is 2. The molecule has 1 aliphatic carbocycles. The maximum Gasteiger partial charge on any atom is 0.122 e. The maximum atomic E-state index is 5.78. The van der Waals surface area contributed by atoms with Gasteiger partial charge >= 0.3 is 0 Å². The van der Waals surface area contributed by atoms with E-state index >= 15 is 0 Å². The molecule has 1 aromatic carbocycles. The first-order valence-corrected chi connectivity index (χ1v) is 5.22. The van der Waals surface area contributed by atoms with Gasteiger partial charge in [0.05, 0.1) is 7.11 Å². The number of nitrogens with two attached hydrogens (primary N) is 1. The van der Waals surface area contributed by atoms with Gasteiger partial charge in [-0.1, -0.05) is 13.8 Å². The van der Waals surface area contributed by atoms with Crippen LogP contribution in [0.2, 0.25) is 0 Å². The van der Waals surface area contributed by atoms with Crippen molar-refractivity contribution in [2.45, 2.75) is 26.3 Å². The molecule has 0 amide bonds. The normalized spacial score (nSPS) is 22.2. The van der Waals surface area contributed by atoms with Crippen LogP contribution < -0.4 is 15.8 Å². The van der Waals surface area contributed by atoms with E-state index in [2.05, 4.69) is 19.2 Å². The van der Waals surface area contributed by atoms with Gasteiger partial charge < -0.3 is 15.8 Å². The molecule has 0 bridgehead atoms. The summed E-state index contributed by atoms with van der Waals surface area (Å²) in [4.78, 5) is 0. The van der Waals surface area contributed by atoms with Gasteiger partial charge in [-0.05, 0) is 17.9 Å². The first kappa shape index (κ1) is 10.1. The van der Waals surface area contributed by atoms with Crippen LogP contribution >= 0.6 is 0 Å². The first-order chi connectivity index (χ1) is 7.01. The van der Waals surface area contributed by atoms with E-state index in [1.807, 2.05) is 18.2 Å². The van der Waals surface area contributed by atoms with Crippen molar-refractivity contribution in [2.75, 3.05) is 18.2 Å². The highest BCUT2D eigenvalue weighted by Crippen LogP contribution is 2.46. The fourth-order valence-electron chi connectivity index (χ4n) is 1.74. The Kier molecular flexibility index (Phi) is 2.25. The zero-order valence-corrected chi connectivity index (χ0v) is 9.50. The average molecular weight is 206 g/mol. The highest BCUT2D eigenvalue weighted by molar-refractivity contribution is 5.60. The van der Waals surface area contributed by atoms with E-state index in [0.29, 0.717) is 11.5 Å². The number of nitrogens with one attached hydrogen (secondary N) is 1. The molecule has 1 atom stereocenters. The van der Waals surface area contributed by atoms with Crippen molar-refractivity contribution in [1.82, 2.24) is 0 Å². The predicted molar refractivity (Wildman–Crippen MR) is 63.2 cm³/mol. The van der Waals surface area contributed by atoms with Crippen LogP contribution in [0.3, 0.4) is 0 Å². The Morgan fingerprint density at radius 2 is 2.07 bits per heavy atom. The molecule has 1 fully saturated rings. The lowest BCUT2D eigenvalue weighted by molar-refractivity contribution is 0.415. The highest BCUT2D eigenvalue weighted by Gasteiger charge is 2.45. The second-order valence-corrected chi connectivity index (χ2v) is 4.88. The molecule has 3 N–H and O–H groups in total. The summed E-state index contributed by atoms with van der Waals surface area (Å²) in [6.07, 6.45) is 1.21. The van der Waals surface area contributed by atoms with Crippen molar-refractivity contribution in [3.8, 4) is 5.75 Å². The Hall–Kier alpha value is -1.38. The zero-order valence-electron chi connectivity index (χ0n) is 9.50. The summed E-state index contributed by atoms with van der Waals surface area (Å²) in [5, 5.41) is 3.46. The van der Waals surface area contributed by atoms with Crippen molar-refractivity contribution in [3.05, 3.63) is 18.2 Å². The molecule has 2 rings (SSSR count). The molecule has 0 aliphatic heterocycles. The van der Waals surface area contributed by atoms with Crippen LogP contribution in [-0.4, -0.2) is 13.2 Å². The van der Waals surface area contributed by atoms with Crippen molar-refractivity contribution in [2.24, 2.45) is 5.41 Å². The summed E-state index contributed by atoms with van der Waals surface area (Å²) in [5.74, 6) is 0.802. The lowest BCUT2D eigenvalue weighted by Gasteiger charge is -2.10. The van der Waals surface area contributed by atoms with E-state index in [9.17, 15) is 0 Å². The molecule has 82 valence electrons. The summed E-state index contributed by atoms with van der Waals surface area (Å²) in [6.45, 7) is 4.52. The number of hydrogen-bond acceptors (Lipinski definition) is 3. The minimum Gasteiger partial charge on any atom is -0.497 e. The Morgan fingerprint density at radius 3 is 2.60 bits per heavy atom. The van der Waals surface area contributed by atoms with Crippen LogP contribution in [0, 0.1) is 5.41 Å². The lowest BCUT2D eigenvalue weighted by atomic mass is 10.2. The third kappa shape index (κ3) is 2.17. The Bertz CT molecular complexity index is 374. The van der Waals surface area contributed by atoms with Gasteiger partial charge in [0.2, 0.25) is 0 Å². The molecule has 0 spiro atoms. The standard InChI is InChI=1S/C12H18N2O/c1-12(2)7-11(12)14-9-4-8(13)5-10(6-9)15-3/h4-6,11,14H,7,13H2,1-3H3.